The van der Waals surface area contributed by atoms with Gasteiger partial charge in [0.2, 0.25) is 0 Å². The van der Waals surface area contributed by atoms with Crippen LogP contribution in [0.4, 0.5) is 4.39 Å². The summed E-state index contributed by atoms with van der Waals surface area (Å²) in [5.41, 5.74) is 4.21. The molecule has 7 heteroatoms. The number of nitrogens with zero attached hydrogens (tertiary/aromatic N) is 1. The van der Waals surface area contributed by atoms with E-state index in [1.807, 2.05) is 26.0 Å². The summed E-state index contributed by atoms with van der Waals surface area (Å²) in [6.45, 7) is 3.58. The predicted molar refractivity (Wildman–Crippen MR) is 96.3 cm³/mol. The van der Waals surface area contributed by atoms with Gasteiger partial charge in [-0.3, -0.25) is 4.79 Å². The third kappa shape index (κ3) is 4.79. The van der Waals surface area contributed by atoms with Gasteiger partial charge in [0.15, 0.2) is 6.61 Å². The maximum Gasteiger partial charge on any atom is 0.277 e. The van der Waals surface area contributed by atoms with E-state index in [4.69, 9.17) is 16.3 Å². The number of halogens is 3. The van der Waals surface area contributed by atoms with Crippen LogP contribution in [0.25, 0.3) is 0 Å². The highest BCUT2D eigenvalue weighted by atomic mass is 79.9. The summed E-state index contributed by atoms with van der Waals surface area (Å²) in [6.07, 6.45) is 1.16. The van der Waals surface area contributed by atoms with Crippen LogP contribution >= 0.6 is 27.5 Å². The Labute approximate surface area is 152 Å². The average molecular weight is 414 g/mol. The lowest BCUT2D eigenvalue weighted by Gasteiger charge is -2.11. The Morgan fingerprint density at radius 2 is 2.04 bits per heavy atom. The third-order valence-electron chi connectivity index (χ3n) is 3.16. The quantitative estimate of drug-likeness (QED) is 0.584. The van der Waals surface area contributed by atoms with E-state index >= 15 is 0 Å². The average Bonchev–Trinajstić information content (AvgIpc) is 2.49. The molecule has 0 aliphatic carbocycles. The largest absolute Gasteiger partial charge is 0.483 e. The minimum atomic E-state index is -0.516. The van der Waals surface area contributed by atoms with Crippen molar-refractivity contribution < 1.29 is 13.9 Å². The zero-order valence-electron chi connectivity index (χ0n) is 13.1. The number of aryl methyl sites for hydroxylation is 2. The number of amides is 1. The first kappa shape index (κ1) is 18.4. The molecule has 0 unspecified atom stereocenters. The van der Waals surface area contributed by atoms with E-state index in [9.17, 15) is 9.18 Å². The van der Waals surface area contributed by atoms with E-state index in [1.165, 1.54) is 18.2 Å². The summed E-state index contributed by atoms with van der Waals surface area (Å²) in [4.78, 5) is 11.8. The molecule has 0 radical (unpaired) electrons. The van der Waals surface area contributed by atoms with Crippen LogP contribution in [-0.4, -0.2) is 18.7 Å². The number of carbonyl (C=O) groups is 1. The molecule has 1 amide bonds. The molecular formula is C17H15BrClFN2O2. The number of ether oxygens (including phenoxy) is 1. The Balaban J connectivity index is 1.94. The second-order valence-corrected chi connectivity index (χ2v) is 6.41. The molecule has 0 aliphatic heterocycles. The van der Waals surface area contributed by atoms with Crippen LogP contribution in [0.3, 0.4) is 0 Å². The molecule has 0 aliphatic rings. The zero-order valence-corrected chi connectivity index (χ0v) is 15.4. The molecule has 0 spiro atoms. The lowest BCUT2D eigenvalue weighted by Crippen LogP contribution is -2.25. The number of carbonyl (C=O) groups excluding carboxylic acids is 1. The molecule has 2 rings (SSSR count). The van der Waals surface area contributed by atoms with Crippen LogP contribution in [0.1, 0.15) is 16.7 Å². The molecule has 0 bridgehead atoms. The minimum Gasteiger partial charge on any atom is -0.483 e. The number of hydrogen-bond donors (Lipinski definition) is 1. The molecule has 0 atom stereocenters. The fourth-order valence-electron chi connectivity index (χ4n) is 2.10. The molecule has 24 heavy (non-hydrogen) atoms. The Kier molecular flexibility index (Phi) is 6.34. The van der Waals surface area contributed by atoms with Crippen molar-refractivity contribution in [1.29, 1.82) is 0 Å². The second kappa shape index (κ2) is 8.26. The number of hydrogen-bond acceptors (Lipinski definition) is 3. The topological polar surface area (TPSA) is 50.7 Å². The van der Waals surface area contributed by atoms with Crippen molar-refractivity contribution >= 4 is 39.7 Å². The van der Waals surface area contributed by atoms with Gasteiger partial charge in [-0.1, -0.05) is 33.6 Å². The van der Waals surface area contributed by atoms with E-state index in [-0.39, 0.29) is 17.2 Å². The van der Waals surface area contributed by atoms with E-state index < -0.39 is 11.7 Å². The lowest BCUT2D eigenvalue weighted by molar-refractivity contribution is -0.123. The van der Waals surface area contributed by atoms with E-state index in [0.29, 0.717) is 5.75 Å². The van der Waals surface area contributed by atoms with Gasteiger partial charge in [-0.05, 0) is 49.2 Å². The minimum absolute atomic E-state index is 0.111. The van der Waals surface area contributed by atoms with Crippen molar-refractivity contribution in [2.45, 2.75) is 13.8 Å². The van der Waals surface area contributed by atoms with Gasteiger partial charge in [0.1, 0.15) is 11.6 Å². The first-order valence-corrected chi connectivity index (χ1v) is 8.21. The zero-order chi connectivity index (χ0) is 17.7. The van der Waals surface area contributed by atoms with Crippen LogP contribution in [0, 0.1) is 19.7 Å². The first-order chi connectivity index (χ1) is 11.4. The van der Waals surface area contributed by atoms with Crippen LogP contribution in [-0.2, 0) is 4.79 Å². The number of rotatable bonds is 5. The summed E-state index contributed by atoms with van der Waals surface area (Å²) >= 11 is 9.26. The van der Waals surface area contributed by atoms with Gasteiger partial charge in [-0.25, -0.2) is 9.82 Å². The van der Waals surface area contributed by atoms with Crippen molar-refractivity contribution in [3.8, 4) is 5.75 Å². The highest BCUT2D eigenvalue weighted by Crippen LogP contribution is 2.27. The van der Waals surface area contributed by atoms with Gasteiger partial charge in [-0.2, -0.15) is 5.10 Å². The monoisotopic (exact) mass is 412 g/mol. The summed E-state index contributed by atoms with van der Waals surface area (Å²) in [5.74, 6) is -0.326. The summed E-state index contributed by atoms with van der Waals surface area (Å²) < 4.78 is 20.0. The molecule has 2 aromatic carbocycles. The molecule has 0 saturated carbocycles. The maximum absolute atomic E-state index is 13.5. The van der Waals surface area contributed by atoms with Gasteiger partial charge in [-0.15, -0.1) is 0 Å². The Morgan fingerprint density at radius 1 is 1.38 bits per heavy atom. The standard InChI is InChI=1S/C17H15BrClFN2O2/c1-10-6-12(18)7-11(2)17(10)24-9-16(23)22-21-8-13-14(19)4-3-5-15(13)20/h3-8H,9H2,1-2H3,(H,22,23)/b21-8+. The Bertz CT molecular complexity index is 753. The highest BCUT2D eigenvalue weighted by Gasteiger charge is 2.09. The number of benzene rings is 2. The fourth-order valence-corrected chi connectivity index (χ4v) is 3.00. The van der Waals surface area contributed by atoms with E-state index in [2.05, 4.69) is 26.5 Å². The summed E-state index contributed by atoms with van der Waals surface area (Å²) in [6, 6.07) is 8.09. The second-order valence-electron chi connectivity index (χ2n) is 5.09. The fraction of sp³-hybridized carbons (Fsp3) is 0.176. The van der Waals surface area contributed by atoms with Crippen LogP contribution < -0.4 is 10.2 Å². The Hall–Kier alpha value is -1.92. The van der Waals surface area contributed by atoms with Gasteiger partial charge in [0, 0.05) is 10.0 Å². The molecule has 0 fully saturated rings. The van der Waals surface area contributed by atoms with Gasteiger partial charge in [0.25, 0.3) is 5.91 Å². The predicted octanol–water partition coefficient (Wildman–Crippen LogP) is 4.39. The number of hydrazone groups is 1. The highest BCUT2D eigenvalue weighted by molar-refractivity contribution is 9.10. The molecule has 0 saturated heterocycles. The molecule has 126 valence electrons. The summed E-state index contributed by atoms with van der Waals surface area (Å²) in [5, 5.41) is 3.91. The van der Waals surface area contributed by atoms with Crippen molar-refractivity contribution in [2.24, 2.45) is 5.10 Å². The van der Waals surface area contributed by atoms with E-state index in [0.717, 1.165) is 21.8 Å². The molecule has 4 nitrogen and oxygen atoms in total. The Morgan fingerprint density at radius 3 is 2.67 bits per heavy atom. The van der Waals surface area contributed by atoms with Crippen molar-refractivity contribution in [1.82, 2.24) is 5.43 Å². The van der Waals surface area contributed by atoms with Crippen molar-refractivity contribution in [3.05, 3.63) is 62.3 Å². The SMILES string of the molecule is Cc1cc(Br)cc(C)c1OCC(=O)N/N=C/c1c(F)cccc1Cl. The molecule has 0 heterocycles. The first-order valence-electron chi connectivity index (χ1n) is 7.04. The third-order valence-corrected chi connectivity index (χ3v) is 3.94. The van der Waals surface area contributed by atoms with Crippen molar-refractivity contribution in [2.75, 3.05) is 6.61 Å². The van der Waals surface area contributed by atoms with Crippen LogP contribution in [0.2, 0.25) is 5.02 Å². The summed E-state index contributed by atoms with van der Waals surface area (Å²) in [7, 11) is 0. The normalized spacial score (nSPS) is 10.9. The van der Waals surface area contributed by atoms with Gasteiger partial charge in [0.05, 0.1) is 11.2 Å². The lowest BCUT2D eigenvalue weighted by atomic mass is 10.1. The van der Waals surface area contributed by atoms with Gasteiger partial charge >= 0.3 is 0 Å². The number of nitrogens with one attached hydrogen (secondary N) is 1. The maximum atomic E-state index is 13.5. The van der Waals surface area contributed by atoms with E-state index in [1.54, 1.807) is 0 Å². The molecule has 0 aromatic heterocycles. The smallest absolute Gasteiger partial charge is 0.277 e. The van der Waals surface area contributed by atoms with Crippen LogP contribution in [0.15, 0.2) is 39.9 Å². The van der Waals surface area contributed by atoms with Crippen molar-refractivity contribution in [3.63, 3.8) is 0 Å². The molecule has 1 N–H and O–H groups in total. The molecular weight excluding hydrogens is 399 g/mol. The van der Waals surface area contributed by atoms with Gasteiger partial charge < -0.3 is 4.74 Å². The van der Waals surface area contributed by atoms with Crippen LogP contribution in [0.5, 0.6) is 5.75 Å². The molecule has 2 aromatic rings.